The Morgan fingerprint density at radius 3 is 1.81 bits per heavy atom. The van der Waals surface area contributed by atoms with Gasteiger partial charge in [0.05, 0.1) is 27.9 Å². The Labute approximate surface area is 271 Å². The van der Waals surface area contributed by atoms with E-state index in [-0.39, 0.29) is 44.5 Å². The summed E-state index contributed by atoms with van der Waals surface area (Å²) in [7, 11) is 3.33. The van der Waals surface area contributed by atoms with Crippen LogP contribution < -0.4 is 9.80 Å². The Kier molecular flexibility index (Phi) is 7.99. The average Bonchev–Trinajstić information content (AvgIpc) is 3.46. The first-order valence-corrected chi connectivity index (χ1v) is 15.2. The molecule has 47 heavy (non-hydrogen) atoms. The fourth-order valence-electron chi connectivity index (χ4n) is 5.90. The molecule has 0 saturated heterocycles. The van der Waals surface area contributed by atoms with E-state index in [0.29, 0.717) is 12.2 Å². The molecule has 2 heterocycles. The van der Waals surface area contributed by atoms with E-state index in [9.17, 15) is 28.8 Å². The Morgan fingerprint density at radius 1 is 0.660 bits per heavy atom. The number of ketones is 2. The van der Waals surface area contributed by atoms with Crippen molar-refractivity contribution in [2.24, 2.45) is 0 Å². The number of rotatable bonds is 9. The van der Waals surface area contributed by atoms with Crippen molar-refractivity contribution in [2.45, 2.75) is 20.3 Å². The van der Waals surface area contributed by atoms with E-state index < -0.39 is 35.2 Å². The molecule has 0 spiro atoms. The molecular weight excluding hydrogens is 594 g/mol. The smallest absolute Gasteiger partial charge is 0.266 e. The fourth-order valence-corrected chi connectivity index (χ4v) is 5.90. The van der Waals surface area contributed by atoms with Gasteiger partial charge in [-0.15, -0.1) is 0 Å². The van der Waals surface area contributed by atoms with Crippen LogP contribution in [0.25, 0.3) is 0 Å². The molecule has 4 amide bonds. The number of allylic oxidation sites excluding steroid dienone is 1. The van der Waals surface area contributed by atoms with Gasteiger partial charge in [0.15, 0.2) is 11.6 Å². The first-order chi connectivity index (χ1) is 22.5. The molecule has 0 saturated carbocycles. The quantitative estimate of drug-likeness (QED) is 0.130. The van der Waals surface area contributed by atoms with Gasteiger partial charge in [-0.05, 0) is 61.4 Å². The van der Waals surface area contributed by atoms with Crippen molar-refractivity contribution >= 4 is 46.6 Å². The van der Waals surface area contributed by atoms with Crippen LogP contribution in [0.5, 0.6) is 0 Å². The van der Waals surface area contributed by atoms with Crippen LogP contribution in [0.4, 0.5) is 11.4 Å². The van der Waals surface area contributed by atoms with Gasteiger partial charge in [0.1, 0.15) is 0 Å². The molecule has 6 rings (SSSR count). The first-order valence-electron chi connectivity index (χ1n) is 15.2. The Hall–Kier alpha value is -5.96. The molecule has 0 unspecified atom stereocenters. The number of carbonyl (C=O) groups excluding carboxylic acids is 6. The lowest BCUT2D eigenvalue weighted by atomic mass is 9.95. The zero-order valence-corrected chi connectivity index (χ0v) is 26.4. The topological polar surface area (TPSA) is 112 Å². The summed E-state index contributed by atoms with van der Waals surface area (Å²) in [6.07, 6.45) is 5.07. The molecule has 4 aromatic carbocycles. The highest BCUT2D eigenvalue weighted by atomic mass is 16.2. The number of hydrogen-bond acceptors (Lipinski definition) is 7. The number of likely N-dealkylation sites (N-methyl/N-ethyl adjacent to an activating group) is 1. The van der Waals surface area contributed by atoms with E-state index in [1.54, 1.807) is 24.3 Å². The zero-order valence-electron chi connectivity index (χ0n) is 26.4. The normalized spacial score (nSPS) is 13.9. The number of benzene rings is 4. The number of anilines is 2. The average molecular weight is 626 g/mol. The second kappa shape index (κ2) is 12.1. The van der Waals surface area contributed by atoms with Crippen LogP contribution in [0.15, 0.2) is 91.0 Å². The maximum atomic E-state index is 13.6. The largest absolute Gasteiger partial charge is 0.371 e. The molecule has 9 heteroatoms. The predicted octanol–water partition coefficient (Wildman–Crippen LogP) is 5.89. The SMILES string of the molecule is CC/C=C/CN(C)c1cc(N2C(=O)c3ccc(C(=O)c4cccc(C(=O)c5ccc6c(c5)C(=O)N(C)C6=O)c4)cc3C2=O)ccc1C. The van der Waals surface area contributed by atoms with Crippen LogP contribution in [0.1, 0.15) is 92.2 Å². The lowest BCUT2D eigenvalue weighted by Gasteiger charge is -2.23. The van der Waals surface area contributed by atoms with E-state index in [2.05, 4.69) is 19.1 Å². The molecule has 0 radical (unpaired) electrons. The predicted molar refractivity (Wildman–Crippen MR) is 178 cm³/mol. The van der Waals surface area contributed by atoms with Gasteiger partial charge in [0.25, 0.3) is 23.6 Å². The monoisotopic (exact) mass is 625 g/mol. The standard InChI is InChI=1S/C38H31N3O6/c1-5-6-7-17-39(3)32-21-27(14-11-22(32)2)41-37(46)29-16-13-26(20-31(29)38(41)47)34(43)24-10-8-9-23(18-24)33(42)25-12-15-28-30(19-25)36(45)40(4)35(28)44/h6-16,18-21H,5,17H2,1-4H3/b7-6+. The zero-order chi connectivity index (χ0) is 33.6. The third-order valence-corrected chi connectivity index (χ3v) is 8.53. The van der Waals surface area contributed by atoms with Crippen molar-refractivity contribution in [1.29, 1.82) is 0 Å². The van der Waals surface area contributed by atoms with Crippen LogP contribution in [0.2, 0.25) is 0 Å². The van der Waals surface area contributed by atoms with E-state index in [1.165, 1.54) is 49.5 Å². The maximum absolute atomic E-state index is 13.6. The molecular formula is C38H31N3O6. The molecule has 0 N–H and O–H groups in total. The summed E-state index contributed by atoms with van der Waals surface area (Å²) in [6, 6.07) is 20.3. The lowest BCUT2D eigenvalue weighted by Crippen LogP contribution is -2.29. The number of amides is 4. The summed E-state index contributed by atoms with van der Waals surface area (Å²) in [5.41, 5.74) is 3.84. The molecule has 2 aliphatic heterocycles. The first kappa shape index (κ1) is 31.0. The van der Waals surface area contributed by atoms with Crippen LogP contribution in [0, 0.1) is 6.92 Å². The number of carbonyl (C=O) groups is 6. The van der Waals surface area contributed by atoms with Crippen LogP contribution in [-0.2, 0) is 0 Å². The summed E-state index contributed by atoms with van der Waals surface area (Å²) in [6.45, 7) is 4.70. The van der Waals surface area contributed by atoms with Crippen molar-refractivity contribution in [3.8, 4) is 0 Å². The van der Waals surface area contributed by atoms with Gasteiger partial charge >= 0.3 is 0 Å². The molecule has 4 aromatic rings. The summed E-state index contributed by atoms with van der Waals surface area (Å²) >= 11 is 0. The van der Waals surface area contributed by atoms with Gasteiger partial charge in [0.2, 0.25) is 0 Å². The van der Waals surface area contributed by atoms with Crippen molar-refractivity contribution in [2.75, 3.05) is 30.4 Å². The highest BCUT2D eigenvalue weighted by Gasteiger charge is 2.38. The minimum absolute atomic E-state index is 0.122. The number of nitrogens with zero attached hydrogens (tertiary/aromatic N) is 3. The number of hydrogen-bond donors (Lipinski definition) is 0. The molecule has 9 nitrogen and oxygen atoms in total. The highest BCUT2D eigenvalue weighted by Crippen LogP contribution is 2.33. The van der Waals surface area contributed by atoms with Crippen molar-refractivity contribution < 1.29 is 28.8 Å². The van der Waals surface area contributed by atoms with E-state index in [0.717, 1.165) is 27.5 Å². The van der Waals surface area contributed by atoms with Gasteiger partial charge < -0.3 is 4.90 Å². The summed E-state index contributed by atoms with van der Waals surface area (Å²) < 4.78 is 0. The number of aryl methyl sites for hydroxylation is 1. The molecule has 0 fully saturated rings. The van der Waals surface area contributed by atoms with Gasteiger partial charge in [-0.2, -0.15) is 0 Å². The summed E-state index contributed by atoms with van der Waals surface area (Å²) in [4.78, 5) is 82.9. The summed E-state index contributed by atoms with van der Waals surface area (Å²) in [5.74, 6) is -2.77. The molecule has 0 aliphatic carbocycles. The van der Waals surface area contributed by atoms with Crippen LogP contribution in [0.3, 0.4) is 0 Å². The van der Waals surface area contributed by atoms with Crippen LogP contribution >= 0.6 is 0 Å². The fraction of sp³-hybridized carbons (Fsp3) is 0.158. The second-order valence-electron chi connectivity index (χ2n) is 11.6. The van der Waals surface area contributed by atoms with Crippen molar-refractivity contribution in [3.05, 3.63) is 141 Å². The number of imide groups is 2. The minimum atomic E-state index is -0.526. The van der Waals surface area contributed by atoms with Crippen molar-refractivity contribution in [1.82, 2.24) is 4.90 Å². The molecule has 0 bridgehead atoms. The Morgan fingerprint density at radius 2 is 1.19 bits per heavy atom. The second-order valence-corrected chi connectivity index (χ2v) is 11.6. The van der Waals surface area contributed by atoms with Gasteiger partial charge in [-0.3, -0.25) is 33.7 Å². The molecule has 234 valence electrons. The minimum Gasteiger partial charge on any atom is -0.371 e. The van der Waals surface area contributed by atoms with Crippen molar-refractivity contribution in [3.63, 3.8) is 0 Å². The van der Waals surface area contributed by atoms with E-state index in [1.807, 2.05) is 31.0 Å². The highest BCUT2D eigenvalue weighted by molar-refractivity contribution is 6.35. The Balaban J connectivity index is 1.25. The molecule has 2 aliphatic rings. The maximum Gasteiger partial charge on any atom is 0.266 e. The van der Waals surface area contributed by atoms with Gasteiger partial charge in [-0.1, -0.05) is 55.5 Å². The van der Waals surface area contributed by atoms with E-state index >= 15 is 0 Å². The summed E-state index contributed by atoms with van der Waals surface area (Å²) in [5, 5.41) is 0. The van der Waals surface area contributed by atoms with Crippen LogP contribution in [-0.4, -0.2) is 60.7 Å². The van der Waals surface area contributed by atoms with Gasteiger partial charge in [0, 0.05) is 48.6 Å². The number of fused-ring (bicyclic) bond motifs is 2. The third-order valence-electron chi connectivity index (χ3n) is 8.53. The molecule has 0 atom stereocenters. The molecule has 0 aromatic heterocycles. The third kappa shape index (κ3) is 5.35. The van der Waals surface area contributed by atoms with E-state index in [4.69, 9.17) is 0 Å². The lowest BCUT2D eigenvalue weighted by molar-refractivity contribution is 0.0691. The Bertz CT molecular complexity index is 2080. The van der Waals surface area contributed by atoms with Gasteiger partial charge in [-0.25, -0.2) is 4.90 Å².